The Labute approximate surface area is 168 Å². The average Bonchev–Trinajstić information content (AvgIpc) is 3.13. The number of nitrogens with zero attached hydrogens (tertiary/aromatic N) is 3. The van der Waals surface area contributed by atoms with E-state index in [2.05, 4.69) is 15.6 Å². The van der Waals surface area contributed by atoms with Gasteiger partial charge in [0.15, 0.2) is 17.2 Å². The summed E-state index contributed by atoms with van der Waals surface area (Å²) >= 11 is 1.55. The molecule has 0 unspecified atom stereocenters. The molecule has 0 fully saturated rings. The molecule has 2 aromatic carbocycles. The van der Waals surface area contributed by atoms with Crippen molar-refractivity contribution < 1.29 is 14.3 Å². The molecular formula is C20H22N4O3S. The van der Waals surface area contributed by atoms with Crippen molar-refractivity contribution in [3.05, 3.63) is 53.7 Å². The number of ether oxygens (including phenoxy) is 2. The number of aromatic nitrogens is 3. The van der Waals surface area contributed by atoms with E-state index in [1.165, 1.54) is 0 Å². The highest BCUT2D eigenvalue weighted by molar-refractivity contribution is 7.97. The molecule has 1 amide bonds. The minimum Gasteiger partial charge on any atom is -0.493 e. The number of hydrogen-bond donors (Lipinski definition) is 1. The summed E-state index contributed by atoms with van der Waals surface area (Å²) in [6.45, 7) is 2.00. The number of carbonyl (C=O) groups excluding carboxylic acids is 1. The summed E-state index contributed by atoms with van der Waals surface area (Å²) in [6.07, 6.45) is 1.94. The lowest BCUT2D eigenvalue weighted by molar-refractivity contribution is 0.101. The highest BCUT2D eigenvalue weighted by Crippen LogP contribution is 2.33. The van der Waals surface area contributed by atoms with Crippen LogP contribution in [0.25, 0.3) is 11.3 Å². The first-order valence-corrected chi connectivity index (χ1v) is 9.99. The maximum Gasteiger partial charge on any atom is 0.276 e. The lowest BCUT2D eigenvalue weighted by Crippen LogP contribution is -2.18. The Morgan fingerprint density at radius 2 is 1.82 bits per heavy atom. The predicted molar refractivity (Wildman–Crippen MR) is 111 cm³/mol. The molecule has 0 aliphatic carbocycles. The first-order chi connectivity index (χ1) is 13.6. The molecule has 3 aromatic rings. The van der Waals surface area contributed by atoms with Crippen LogP contribution < -0.4 is 14.8 Å². The van der Waals surface area contributed by atoms with Crippen LogP contribution in [0.1, 0.15) is 16.1 Å². The second-order valence-electron chi connectivity index (χ2n) is 6.09. The van der Waals surface area contributed by atoms with E-state index in [9.17, 15) is 4.79 Å². The van der Waals surface area contributed by atoms with Crippen LogP contribution in [0.5, 0.6) is 11.5 Å². The minimum atomic E-state index is -0.271. The third-order valence-corrected chi connectivity index (χ3v) is 4.67. The number of nitrogens with one attached hydrogen (secondary N) is 1. The average molecular weight is 398 g/mol. The molecule has 0 saturated carbocycles. The molecule has 0 aliphatic rings. The Hall–Kier alpha value is -3.00. The van der Waals surface area contributed by atoms with Crippen molar-refractivity contribution in [2.45, 2.75) is 12.8 Å². The fourth-order valence-corrected chi connectivity index (χ4v) is 3.18. The Kier molecular flexibility index (Phi) is 6.20. The van der Waals surface area contributed by atoms with Crippen LogP contribution in [-0.4, -0.2) is 41.4 Å². The normalized spacial score (nSPS) is 10.6. The van der Waals surface area contributed by atoms with Gasteiger partial charge in [-0.1, -0.05) is 22.9 Å². The smallest absolute Gasteiger partial charge is 0.276 e. The van der Waals surface area contributed by atoms with Crippen LogP contribution >= 0.6 is 11.8 Å². The molecule has 7 nitrogen and oxygen atoms in total. The van der Waals surface area contributed by atoms with Gasteiger partial charge in [-0.2, -0.15) is 0 Å². The van der Waals surface area contributed by atoms with Gasteiger partial charge in [0.2, 0.25) is 0 Å². The Bertz CT molecular complexity index is 970. The van der Waals surface area contributed by atoms with Crippen LogP contribution in [0, 0.1) is 6.92 Å². The van der Waals surface area contributed by atoms with Gasteiger partial charge in [-0.15, -0.1) is 16.9 Å². The quantitative estimate of drug-likeness (QED) is 0.651. The van der Waals surface area contributed by atoms with Gasteiger partial charge >= 0.3 is 0 Å². The number of hydrogen-bond acceptors (Lipinski definition) is 6. The fraction of sp³-hybridized carbons (Fsp3) is 0.250. The van der Waals surface area contributed by atoms with Gasteiger partial charge in [-0.05, 0) is 43.5 Å². The third kappa shape index (κ3) is 4.12. The highest BCUT2D eigenvalue weighted by atomic mass is 32.2. The van der Waals surface area contributed by atoms with Gasteiger partial charge in [-0.25, -0.2) is 4.68 Å². The summed E-state index contributed by atoms with van der Waals surface area (Å²) in [6, 6.07) is 13.0. The maximum atomic E-state index is 13.1. The largest absolute Gasteiger partial charge is 0.493 e. The Morgan fingerprint density at radius 3 is 2.46 bits per heavy atom. The molecule has 8 heteroatoms. The summed E-state index contributed by atoms with van der Waals surface area (Å²) in [4.78, 5) is 13.1. The van der Waals surface area contributed by atoms with E-state index < -0.39 is 0 Å². The second kappa shape index (κ2) is 8.79. The predicted octanol–water partition coefficient (Wildman–Crippen LogP) is 3.84. The standard InChI is InChI=1S/C20H22N4O3S/c1-13-5-8-15(9-6-13)21-20(25)19-18(22-23-24(19)12-28-4)14-7-10-16(26-2)17(11-14)27-3/h5-11H,12H2,1-4H3,(H,21,25). The molecule has 0 radical (unpaired) electrons. The van der Waals surface area contributed by atoms with E-state index in [1.54, 1.807) is 42.8 Å². The number of carbonyl (C=O) groups is 1. The van der Waals surface area contributed by atoms with Gasteiger partial charge < -0.3 is 14.8 Å². The maximum absolute atomic E-state index is 13.1. The summed E-state index contributed by atoms with van der Waals surface area (Å²) in [5.41, 5.74) is 3.43. The molecule has 0 bridgehead atoms. The molecule has 0 saturated heterocycles. The number of methoxy groups -OCH3 is 2. The number of benzene rings is 2. The number of rotatable bonds is 7. The monoisotopic (exact) mass is 398 g/mol. The van der Waals surface area contributed by atoms with Crippen LogP contribution in [0.3, 0.4) is 0 Å². The molecule has 0 aliphatic heterocycles. The summed E-state index contributed by atoms with van der Waals surface area (Å²) in [7, 11) is 3.14. The Morgan fingerprint density at radius 1 is 1.11 bits per heavy atom. The van der Waals surface area contributed by atoms with Crippen LogP contribution in [0.15, 0.2) is 42.5 Å². The summed E-state index contributed by atoms with van der Waals surface area (Å²) in [5, 5.41) is 11.4. The molecule has 1 aromatic heterocycles. The second-order valence-corrected chi connectivity index (χ2v) is 6.93. The van der Waals surface area contributed by atoms with Crippen molar-refractivity contribution in [1.82, 2.24) is 15.0 Å². The van der Waals surface area contributed by atoms with Crippen molar-refractivity contribution in [1.29, 1.82) is 0 Å². The van der Waals surface area contributed by atoms with E-state index in [0.29, 0.717) is 34.5 Å². The lowest BCUT2D eigenvalue weighted by atomic mass is 10.1. The fourth-order valence-electron chi connectivity index (χ4n) is 2.76. The van der Waals surface area contributed by atoms with Crippen LogP contribution in [-0.2, 0) is 5.88 Å². The van der Waals surface area contributed by atoms with Crippen molar-refractivity contribution in [3.63, 3.8) is 0 Å². The molecule has 0 spiro atoms. The van der Waals surface area contributed by atoms with Crippen LogP contribution in [0.4, 0.5) is 5.69 Å². The highest BCUT2D eigenvalue weighted by Gasteiger charge is 2.22. The molecule has 1 heterocycles. The molecule has 1 N–H and O–H groups in total. The summed E-state index contributed by atoms with van der Waals surface area (Å²) in [5.74, 6) is 1.40. The topological polar surface area (TPSA) is 78.3 Å². The Balaban J connectivity index is 2.01. The molecular weight excluding hydrogens is 376 g/mol. The number of anilines is 1. The zero-order valence-corrected chi connectivity index (χ0v) is 17.0. The number of aryl methyl sites for hydroxylation is 1. The molecule has 146 valence electrons. The van der Waals surface area contributed by atoms with E-state index in [0.717, 1.165) is 11.1 Å². The van der Waals surface area contributed by atoms with E-state index >= 15 is 0 Å². The number of amides is 1. The van der Waals surface area contributed by atoms with Gasteiger partial charge in [0, 0.05) is 11.3 Å². The van der Waals surface area contributed by atoms with Crippen molar-refractivity contribution >= 4 is 23.4 Å². The minimum absolute atomic E-state index is 0.271. The molecule has 0 atom stereocenters. The van der Waals surface area contributed by atoms with Crippen molar-refractivity contribution in [3.8, 4) is 22.8 Å². The molecule has 28 heavy (non-hydrogen) atoms. The van der Waals surface area contributed by atoms with Gasteiger partial charge in [-0.3, -0.25) is 4.79 Å². The zero-order valence-electron chi connectivity index (χ0n) is 16.2. The summed E-state index contributed by atoms with van der Waals surface area (Å²) < 4.78 is 12.3. The zero-order chi connectivity index (χ0) is 20.1. The van der Waals surface area contributed by atoms with Gasteiger partial charge in [0.05, 0.1) is 20.1 Å². The van der Waals surface area contributed by atoms with Gasteiger partial charge in [0.25, 0.3) is 5.91 Å². The first kappa shape index (κ1) is 19.8. The van der Waals surface area contributed by atoms with Crippen molar-refractivity contribution in [2.75, 3.05) is 25.8 Å². The van der Waals surface area contributed by atoms with E-state index in [4.69, 9.17) is 9.47 Å². The van der Waals surface area contributed by atoms with E-state index in [-0.39, 0.29) is 5.91 Å². The molecule has 3 rings (SSSR count). The number of thioether (sulfide) groups is 1. The first-order valence-electron chi connectivity index (χ1n) is 8.60. The van der Waals surface area contributed by atoms with Gasteiger partial charge in [0.1, 0.15) is 5.69 Å². The van der Waals surface area contributed by atoms with Crippen molar-refractivity contribution in [2.24, 2.45) is 0 Å². The SMILES string of the molecule is COc1ccc(-c2nnn(CSC)c2C(=O)Nc2ccc(C)cc2)cc1OC. The van der Waals surface area contributed by atoms with Crippen LogP contribution in [0.2, 0.25) is 0 Å². The lowest BCUT2D eigenvalue weighted by Gasteiger charge is -2.11. The third-order valence-electron chi connectivity index (χ3n) is 4.17. The van der Waals surface area contributed by atoms with E-state index in [1.807, 2.05) is 43.5 Å².